The van der Waals surface area contributed by atoms with Crippen LogP contribution in [0.1, 0.15) is 12.6 Å². The number of thiazole rings is 1. The average molecular weight is 304 g/mol. The van der Waals surface area contributed by atoms with Crippen LogP contribution in [0.3, 0.4) is 0 Å². The third kappa shape index (κ3) is 4.88. The van der Waals surface area contributed by atoms with Crippen molar-refractivity contribution in [1.29, 1.82) is 0 Å². The Bertz CT molecular complexity index is 586. The van der Waals surface area contributed by atoms with Gasteiger partial charge < -0.3 is 16.0 Å². The quantitative estimate of drug-likeness (QED) is 0.789. The predicted molar refractivity (Wildman–Crippen MR) is 82.0 cm³/mol. The molecule has 1 atom stereocenters. The molecule has 0 radical (unpaired) electrons. The van der Waals surface area contributed by atoms with Crippen LogP contribution < -0.4 is 16.0 Å². The van der Waals surface area contributed by atoms with Crippen LogP contribution in [-0.4, -0.2) is 23.0 Å². The molecule has 110 valence electrons. The van der Waals surface area contributed by atoms with Crippen molar-refractivity contribution < 1.29 is 9.59 Å². The van der Waals surface area contributed by atoms with E-state index in [1.165, 1.54) is 11.3 Å². The minimum absolute atomic E-state index is 0.273. The number of hydrogen-bond acceptors (Lipinski definition) is 4. The Morgan fingerprint density at radius 3 is 2.71 bits per heavy atom. The number of nitrogens with zero attached hydrogens (tertiary/aromatic N) is 1. The van der Waals surface area contributed by atoms with Gasteiger partial charge in [0.15, 0.2) is 0 Å². The lowest BCUT2D eigenvalue weighted by Crippen LogP contribution is -2.46. The summed E-state index contributed by atoms with van der Waals surface area (Å²) in [5.74, 6) is -0.273. The summed E-state index contributed by atoms with van der Waals surface area (Å²) in [6.07, 6.45) is 0. The van der Waals surface area contributed by atoms with Crippen LogP contribution in [0.4, 0.5) is 10.5 Å². The number of carbonyl (C=O) groups is 2. The second-order valence-electron chi connectivity index (χ2n) is 4.38. The monoisotopic (exact) mass is 304 g/mol. The van der Waals surface area contributed by atoms with Crippen molar-refractivity contribution in [1.82, 2.24) is 15.6 Å². The number of benzene rings is 1. The zero-order valence-electron chi connectivity index (χ0n) is 11.5. The van der Waals surface area contributed by atoms with Gasteiger partial charge in [-0.25, -0.2) is 9.78 Å². The zero-order valence-corrected chi connectivity index (χ0v) is 12.3. The molecular weight excluding hydrogens is 288 g/mol. The Balaban J connectivity index is 1.76. The minimum Gasteiger partial charge on any atom is -0.332 e. The second-order valence-corrected chi connectivity index (χ2v) is 5.10. The second kappa shape index (κ2) is 7.39. The molecule has 3 amide bonds. The van der Waals surface area contributed by atoms with E-state index in [0.717, 1.165) is 5.69 Å². The smallest absolute Gasteiger partial charge is 0.315 e. The minimum atomic E-state index is -0.638. The molecule has 0 spiro atoms. The molecule has 0 saturated heterocycles. The number of amides is 3. The molecule has 0 aliphatic carbocycles. The summed E-state index contributed by atoms with van der Waals surface area (Å²) in [5.41, 5.74) is 3.18. The molecule has 3 N–H and O–H groups in total. The summed E-state index contributed by atoms with van der Waals surface area (Å²) in [7, 11) is 0. The zero-order chi connectivity index (χ0) is 15.1. The Morgan fingerprint density at radius 2 is 2.05 bits per heavy atom. The summed E-state index contributed by atoms with van der Waals surface area (Å²) in [6, 6.07) is 8.05. The average Bonchev–Trinajstić information content (AvgIpc) is 2.99. The third-order valence-electron chi connectivity index (χ3n) is 2.70. The predicted octanol–water partition coefficient (Wildman–Crippen LogP) is 1.97. The molecule has 1 heterocycles. The first kappa shape index (κ1) is 15.0. The molecule has 2 aromatic rings. The molecule has 0 bridgehead atoms. The highest BCUT2D eigenvalue weighted by Crippen LogP contribution is 2.05. The van der Waals surface area contributed by atoms with Gasteiger partial charge in [-0.3, -0.25) is 4.79 Å². The van der Waals surface area contributed by atoms with E-state index in [4.69, 9.17) is 0 Å². The van der Waals surface area contributed by atoms with Gasteiger partial charge in [-0.2, -0.15) is 0 Å². The largest absolute Gasteiger partial charge is 0.332 e. The summed E-state index contributed by atoms with van der Waals surface area (Å²) in [6.45, 7) is 1.96. The first-order valence-corrected chi connectivity index (χ1v) is 7.37. The van der Waals surface area contributed by atoms with Crippen LogP contribution in [-0.2, 0) is 11.3 Å². The fraction of sp³-hybridized carbons (Fsp3) is 0.214. The van der Waals surface area contributed by atoms with Gasteiger partial charge in [0, 0.05) is 11.1 Å². The van der Waals surface area contributed by atoms with Crippen molar-refractivity contribution in [2.75, 3.05) is 5.32 Å². The maximum atomic E-state index is 11.9. The fourth-order valence-corrected chi connectivity index (χ4v) is 2.14. The van der Waals surface area contributed by atoms with Gasteiger partial charge in [0.05, 0.1) is 17.7 Å². The summed E-state index contributed by atoms with van der Waals surface area (Å²) in [4.78, 5) is 27.7. The number of aromatic nitrogens is 1. The van der Waals surface area contributed by atoms with Crippen LogP contribution in [0.5, 0.6) is 0 Å². The highest BCUT2D eigenvalue weighted by Gasteiger charge is 2.15. The molecule has 2 rings (SSSR count). The Labute approximate surface area is 126 Å². The van der Waals surface area contributed by atoms with E-state index in [2.05, 4.69) is 20.9 Å². The molecule has 1 aromatic heterocycles. The van der Waals surface area contributed by atoms with E-state index in [9.17, 15) is 9.59 Å². The number of urea groups is 1. The van der Waals surface area contributed by atoms with Gasteiger partial charge in [-0.1, -0.05) is 18.2 Å². The van der Waals surface area contributed by atoms with Crippen molar-refractivity contribution in [3.05, 3.63) is 46.9 Å². The van der Waals surface area contributed by atoms with Gasteiger partial charge in [0.1, 0.15) is 6.04 Å². The van der Waals surface area contributed by atoms with E-state index in [0.29, 0.717) is 12.2 Å². The molecule has 0 aliphatic rings. The Morgan fingerprint density at radius 1 is 1.29 bits per heavy atom. The molecule has 7 heteroatoms. The van der Waals surface area contributed by atoms with Crippen LogP contribution in [0, 0.1) is 0 Å². The SMILES string of the molecule is CC(NC(=O)NCc1cscn1)C(=O)Nc1ccccc1. The summed E-state index contributed by atoms with van der Waals surface area (Å²) in [5, 5.41) is 9.80. The van der Waals surface area contributed by atoms with Crippen molar-refractivity contribution in [3.8, 4) is 0 Å². The lowest BCUT2D eigenvalue weighted by molar-refractivity contribution is -0.117. The highest BCUT2D eigenvalue weighted by atomic mass is 32.1. The maximum Gasteiger partial charge on any atom is 0.315 e. The van der Waals surface area contributed by atoms with E-state index in [-0.39, 0.29) is 5.91 Å². The topological polar surface area (TPSA) is 83.1 Å². The molecule has 0 aliphatic heterocycles. The third-order valence-corrected chi connectivity index (χ3v) is 3.33. The first-order chi connectivity index (χ1) is 10.1. The van der Waals surface area contributed by atoms with Gasteiger partial charge >= 0.3 is 6.03 Å². The highest BCUT2D eigenvalue weighted by molar-refractivity contribution is 7.07. The molecule has 6 nitrogen and oxygen atoms in total. The number of nitrogens with one attached hydrogen (secondary N) is 3. The van der Waals surface area contributed by atoms with Crippen LogP contribution >= 0.6 is 11.3 Å². The molecule has 0 fully saturated rings. The molecule has 0 saturated carbocycles. The lowest BCUT2D eigenvalue weighted by Gasteiger charge is -2.14. The van der Waals surface area contributed by atoms with Crippen molar-refractivity contribution in [2.24, 2.45) is 0 Å². The number of carbonyl (C=O) groups excluding carboxylic acids is 2. The Kier molecular flexibility index (Phi) is 5.28. The van der Waals surface area contributed by atoms with Gasteiger partial charge in [0.25, 0.3) is 0 Å². The molecular formula is C14H16N4O2S. The lowest BCUT2D eigenvalue weighted by atomic mass is 10.2. The summed E-state index contributed by atoms with van der Waals surface area (Å²) >= 11 is 1.46. The van der Waals surface area contributed by atoms with Crippen molar-refractivity contribution in [3.63, 3.8) is 0 Å². The normalized spacial score (nSPS) is 11.5. The Hall–Kier alpha value is -2.41. The summed E-state index contributed by atoms with van der Waals surface area (Å²) < 4.78 is 0. The van der Waals surface area contributed by atoms with Gasteiger partial charge in [-0.05, 0) is 19.1 Å². The van der Waals surface area contributed by atoms with E-state index in [1.54, 1.807) is 24.6 Å². The fourth-order valence-electron chi connectivity index (χ4n) is 1.58. The first-order valence-electron chi connectivity index (χ1n) is 6.42. The molecule has 21 heavy (non-hydrogen) atoms. The standard InChI is InChI=1S/C14H16N4O2S/c1-10(13(19)18-11-5-3-2-4-6-11)17-14(20)15-7-12-8-21-9-16-12/h2-6,8-10H,7H2,1H3,(H,18,19)(H2,15,17,20). The van der Waals surface area contributed by atoms with Crippen LogP contribution in [0.15, 0.2) is 41.2 Å². The van der Waals surface area contributed by atoms with Gasteiger partial charge in [-0.15, -0.1) is 11.3 Å². The van der Waals surface area contributed by atoms with E-state index < -0.39 is 12.1 Å². The number of hydrogen-bond donors (Lipinski definition) is 3. The number of rotatable bonds is 5. The number of para-hydroxylation sites is 1. The number of anilines is 1. The van der Waals surface area contributed by atoms with Crippen LogP contribution in [0.25, 0.3) is 0 Å². The van der Waals surface area contributed by atoms with E-state index >= 15 is 0 Å². The van der Waals surface area contributed by atoms with Crippen molar-refractivity contribution >= 4 is 29.0 Å². The van der Waals surface area contributed by atoms with E-state index in [1.807, 2.05) is 23.6 Å². The molecule has 1 unspecified atom stereocenters. The maximum absolute atomic E-state index is 11.9. The van der Waals surface area contributed by atoms with Crippen molar-refractivity contribution in [2.45, 2.75) is 19.5 Å². The van der Waals surface area contributed by atoms with Gasteiger partial charge in [0.2, 0.25) is 5.91 Å². The van der Waals surface area contributed by atoms with Crippen LogP contribution in [0.2, 0.25) is 0 Å². The molecule has 1 aromatic carbocycles.